The van der Waals surface area contributed by atoms with Gasteiger partial charge in [-0.3, -0.25) is 4.90 Å². The number of nitrogens with zero attached hydrogens (tertiary/aromatic N) is 1. The molecule has 130 valence electrons. The van der Waals surface area contributed by atoms with Gasteiger partial charge in [0.2, 0.25) is 0 Å². The highest BCUT2D eigenvalue weighted by Gasteiger charge is 2.21. The molecular formula is C17H23N3O3S. The van der Waals surface area contributed by atoms with Crippen LogP contribution in [0, 0.1) is 0 Å². The van der Waals surface area contributed by atoms with E-state index in [1.165, 1.54) is 16.7 Å². The molecule has 0 aliphatic carbocycles. The molecule has 0 aromatic carbocycles. The summed E-state index contributed by atoms with van der Waals surface area (Å²) >= 11 is 1.83. The van der Waals surface area contributed by atoms with Crippen LogP contribution in [0.1, 0.15) is 29.2 Å². The van der Waals surface area contributed by atoms with Gasteiger partial charge < -0.3 is 20.2 Å². The van der Waals surface area contributed by atoms with Gasteiger partial charge in [-0.2, -0.15) is 0 Å². The minimum atomic E-state index is -0.831. The van der Waals surface area contributed by atoms with Crippen LogP contribution >= 0.6 is 11.3 Å². The van der Waals surface area contributed by atoms with Crippen molar-refractivity contribution in [3.8, 4) is 0 Å². The summed E-state index contributed by atoms with van der Waals surface area (Å²) in [5.74, 6) is 0.448. The number of hydrogen-bond donors (Lipinski definition) is 3. The summed E-state index contributed by atoms with van der Waals surface area (Å²) in [4.78, 5) is 15.7. The molecule has 0 bridgehead atoms. The van der Waals surface area contributed by atoms with Crippen LogP contribution in [0.15, 0.2) is 34.3 Å². The van der Waals surface area contributed by atoms with E-state index in [9.17, 15) is 9.90 Å². The highest BCUT2D eigenvalue weighted by atomic mass is 32.1. The highest BCUT2D eigenvalue weighted by molar-refractivity contribution is 7.10. The lowest BCUT2D eigenvalue weighted by atomic mass is 10.1. The first-order valence-corrected chi connectivity index (χ1v) is 9.04. The third kappa shape index (κ3) is 4.17. The number of rotatable bonds is 6. The van der Waals surface area contributed by atoms with Crippen molar-refractivity contribution in [2.75, 3.05) is 19.6 Å². The van der Waals surface area contributed by atoms with Crippen LogP contribution in [0.2, 0.25) is 0 Å². The van der Waals surface area contributed by atoms with Gasteiger partial charge in [0.25, 0.3) is 0 Å². The fraction of sp³-hybridized carbons (Fsp3) is 0.471. The number of fused-ring (bicyclic) bond motifs is 1. The summed E-state index contributed by atoms with van der Waals surface area (Å²) in [7, 11) is 0. The number of urea groups is 1. The quantitative estimate of drug-likeness (QED) is 0.746. The molecule has 2 aromatic heterocycles. The van der Waals surface area contributed by atoms with Crippen LogP contribution in [-0.2, 0) is 13.0 Å². The van der Waals surface area contributed by atoms with E-state index in [2.05, 4.69) is 33.9 Å². The molecule has 24 heavy (non-hydrogen) atoms. The first kappa shape index (κ1) is 17.0. The molecular weight excluding hydrogens is 326 g/mol. The van der Waals surface area contributed by atoms with E-state index in [1.807, 2.05) is 11.3 Å². The van der Waals surface area contributed by atoms with Gasteiger partial charge in [0.1, 0.15) is 11.9 Å². The van der Waals surface area contributed by atoms with Gasteiger partial charge in [0.05, 0.1) is 12.8 Å². The molecule has 0 fully saturated rings. The van der Waals surface area contributed by atoms with Crippen molar-refractivity contribution in [3.05, 3.63) is 46.0 Å². The lowest BCUT2D eigenvalue weighted by molar-refractivity contribution is 0.147. The molecule has 0 radical (unpaired) electrons. The normalized spacial score (nSPS) is 17.1. The van der Waals surface area contributed by atoms with Gasteiger partial charge in [-0.25, -0.2) is 4.79 Å². The Kier molecular flexibility index (Phi) is 5.55. The molecule has 0 spiro atoms. The van der Waals surface area contributed by atoms with E-state index in [4.69, 9.17) is 4.42 Å². The van der Waals surface area contributed by atoms with Crippen molar-refractivity contribution in [1.29, 1.82) is 0 Å². The summed E-state index contributed by atoms with van der Waals surface area (Å²) in [6, 6.07) is 5.56. The van der Waals surface area contributed by atoms with Crippen molar-refractivity contribution in [2.45, 2.75) is 32.0 Å². The Labute approximate surface area is 145 Å². The van der Waals surface area contributed by atoms with Gasteiger partial charge >= 0.3 is 6.03 Å². The molecule has 1 aliphatic rings. The van der Waals surface area contributed by atoms with E-state index in [0.29, 0.717) is 12.3 Å². The standard InChI is InChI=1S/C17H23N3O3S/c1-12(20-6-4-16-13(11-20)5-8-24-16)9-18-17(22)19-10-14(21)15-3-2-7-23-15/h2-3,5,7-8,12,14,21H,4,6,9-11H2,1H3,(H2,18,19,22). The number of amides is 2. The smallest absolute Gasteiger partial charge is 0.314 e. The number of furan rings is 1. The maximum absolute atomic E-state index is 11.9. The Morgan fingerprint density at radius 2 is 2.25 bits per heavy atom. The number of aliphatic hydroxyl groups excluding tert-OH is 1. The molecule has 2 amide bonds. The van der Waals surface area contributed by atoms with Crippen molar-refractivity contribution in [2.24, 2.45) is 0 Å². The zero-order chi connectivity index (χ0) is 16.9. The summed E-state index contributed by atoms with van der Waals surface area (Å²) in [6.45, 7) is 4.78. The zero-order valence-corrected chi connectivity index (χ0v) is 14.5. The Bertz CT molecular complexity index is 656. The molecule has 7 heteroatoms. The Balaban J connectivity index is 1.38. The molecule has 0 saturated heterocycles. The van der Waals surface area contributed by atoms with Crippen LogP contribution in [0.4, 0.5) is 4.79 Å². The van der Waals surface area contributed by atoms with Gasteiger partial charge in [-0.05, 0) is 42.5 Å². The van der Waals surface area contributed by atoms with Crippen LogP contribution in [0.3, 0.4) is 0 Å². The molecule has 2 atom stereocenters. The largest absolute Gasteiger partial charge is 0.467 e. The van der Waals surface area contributed by atoms with Crippen molar-refractivity contribution < 1.29 is 14.3 Å². The SMILES string of the molecule is CC(CNC(=O)NCC(O)c1ccco1)N1CCc2sccc2C1. The van der Waals surface area contributed by atoms with Gasteiger partial charge in [-0.1, -0.05) is 0 Å². The third-order valence-corrected chi connectivity index (χ3v) is 5.37. The third-order valence-electron chi connectivity index (χ3n) is 4.35. The molecule has 0 saturated carbocycles. The first-order valence-electron chi connectivity index (χ1n) is 8.16. The Hall–Kier alpha value is -1.83. The zero-order valence-electron chi connectivity index (χ0n) is 13.7. The number of aliphatic hydroxyl groups is 1. The average Bonchev–Trinajstić information content (AvgIpc) is 3.27. The Morgan fingerprint density at radius 3 is 3.04 bits per heavy atom. The number of hydrogen-bond acceptors (Lipinski definition) is 5. The van der Waals surface area contributed by atoms with E-state index in [0.717, 1.165) is 19.5 Å². The lowest BCUT2D eigenvalue weighted by Crippen LogP contribution is -2.47. The summed E-state index contributed by atoms with van der Waals surface area (Å²) in [5.41, 5.74) is 1.41. The second kappa shape index (κ2) is 7.83. The average molecular weight is 349 g/mol. The van der Waals surface area contributed by atoms with Gasteiger partial charge in [-0.15, -0.1) is 11.3 Å². The van der Waals surface area contributed by atoms with E-state index < -0.39 is 6.10 Å². The monoisotopic (exact) mass is 349 g/mol. The van der Waals surface area contributed by atoms with E-state index >= 15 is 0 Å². The van der Waals surface area contributed by atoms with Gasteiger partial charge in [0, 0.05) is 30.6 Å². The number of carbonyl (C=O) groups excluding carboxylic acids is 1. The second-order valence-corrected chi connectivity index (χ2v) is 7.06. The Morgan fingerprint density at radius 1 is 1.42 bits per heavy atom. The maximum atomic E-state index is 11.9. The molecule has 6 nitrogen and oxygen atoms in total. The molecule has 3 heterocycles. The van der Waals surface area contributed by atoms with Crippen LogP contribution in [0.5, 0.6) is 0 Å². The van der Waals surface area contributed by atoms with Gasteiger partial charge in [0.15, 0.2) is 0 Å². The number of nitrogens with one attached hydrogen (secondary N) is 2. The lowest BCUT2D eigenvalue weighted by Gasteiger charge is -2.32. The van der Waals surface area contributed by atoms with Crippen LogP contribution in [0.25, 0.3) is 0 Å². The van der Waals surface area contributed by atoms with Crippen molar-refractivity contribution >= 4 is 17.4 Å². The van der Waals surface area contributed by atoms with Crippen LogP contribution in [-0.4, -0.2) is 41.7 Å². The minimum Gasteiger partial charge on any atom is -0.467 e. The molecule has 3 N–H and O–H groups in total. The van der Waals surface area contributed by atoms with E-state index in [-0.39, 0.29) is 18.6 Å². The topological polar surface area (TPSA) is 77.7 Å². The van der Waals surface area contributed by atoms with Crippen LogP contribution < -0.4 is 10.6 Å². The van der Waals surface area contributed by atoms with Crippen molar-refractivity contribution in [3.63, 3.8) is 0 Å². The maximum Gasteiger partial charge on any atom is 0.314 e. The summed E-state index contributed by atoms with van der Waals surface area (Å²) in [5, 5.41) is 17.5. The summed E-state index contributed by atoms with van der Waals surface area (Å²) < 4.78 is 5.10. The van der Waals surface area contributed by atoms with Crippen molar-refractivity contribution in [1.82, 2.24) is 15.5 Å². The highest BCUT2D eigenvalue weighted by Crippen LogP contribution is 2.24. The number of thiophene rings is 1. The predicted molar refractivity (Wildman–Crippen MR) is 93.0 cm³/mol. The van der Waals surface area contributed by atoms with E-state index in [1.54, 1.807) is 12.1 Å². The molecule has 3 rings (SSSR count). The molecule has 1 aliphatic heterocycles. The first-order chi connectivity index (χ1) is 11.6. The predicted octanol–water partition coefficient (Wildman–Crippen LogP) is 2.12. The molecule has 2 aromatic rings. The minimum absolute atomic E-state index is 0.121. The fourth-order valence-electron chi connectivity index (χ4n) is 2.85. The fourth-order valence-corrected chi connectivity index (χ4v) is 3.74. The molecule has 2 unspecified atom stereocenters. The summed E-state index contributed by atoms with van der Waals surface area (Å²) in [6.07, 6.45) is 1.75. The second-order valence-electron chi connectivity index (χ2n) is 6.06. The number of carbonyl (C=O) groups is 1.